The summed E-state index contributed by atoms with van der Waals surface area (Å²) in [5.74, 6) is 1.31. The maximum absolute atomic E-state index is 5.96. The van der Waals surface area contributed by atoms with Crippen molar-refractivity contribution in [2.75, 3.05) is 19.8 Å². The van der Waals surface area contributed by atoms with E-state index >= 15 is 0 Å². The lowest BCUT2D eigenvalue weighted by atomic mass is 9.99. The van der Waals surface area contributed by atoms with Gasteiger partial charge in [0, 0.05) is 13.2 Å². The van der Waals surface area contributed by atoms with Gasteiger partial charge in [-0.2, -0.15) is 0 Å². The van der Waals surface area contributed by atoms with E-state index in [0.29, 0.717) is 12.5 Å². The maximum atomic E-state index is 5.96. The van der Waals surface area contributed by atoms with Crippen LogP contribution in [0.1, 0.15) is 26.2 Å². The Morgan fingerprint density at radius 3 is 3.07 bits per heavy atom. The van der Waals surface area contributed by atoms with Gasteiger partial charge in [0.15, 0.2) is 0 Å². The topological polar surface area (TPSA) is 44.5 Å². The maximum Gasteiger partial charge on any atom is 0.105 e. The van der Waals surface area contributed by atoms with Gasteiger partial charge in [0.05, 0.1) is 12.6 Å². The lowest BCUT2D eigenvalue weighted by Crippen LogP contribution is -2.27. The van der Waals surface area contributed by atoms with Crippen molar-refractivity contribution < 1.29 is 9.47 Å². The second-order valence-electron chi connectivity index (χ2n) is 3.89. The smallest absolute Gasteiger partial charge is 0.105 e. The highest BCUT2D eigenvalue weighted by Crippen LogP contribution is 2.20. The molecule has 1 fully saturated rings. The largest absolute Gasteiger partial charge is 0.497 e. The third kappa shape index (κ3) is 3.68. The Bertz CT molecular complexity index is 176. The van der Waals surface area contributed by atoms with E-state index in [1.54, 1.807) is 0 Å². The summed E-state index contributed by atoms with van der Waals surface area (Å²) in [6.07, 6.45) is 3.05. The molecule has 0 aromatic carbocycles. The first-order chi connectivity index (χ1) is 6.74. The van der Waals surface area contributed by atoms with Gasteiger partial charge in [-0.15, -0.1) is 0 Å². The number of ether oxygens (including phenoxy) is 2. The minimum absolute atomic E-state index is 0.0340. The van der Waals surface area contributed by atoms with Crippen LogP contribution < -0.4 is 5.73 Å². The molecule has 0 aromatic heterocycles. The second-order valence-corrected chi connectivity index (χ2v) is 3.89. The molecular weight excluding hydrogens is 178 g/mol. The lowest BCUT2D eigenvalue weighted by molar-refractivity contribution is 0.171. The Balaban J connectivity index is 2.18. The van der Waals surface area contributed by atoms with E-state index in [9.17, 15) is 0 Å². The molecule has 1 saturated heterocycles. The van der Waals surface area contributed by atoms with Gasteiger partial charge >= 0.3 is 0 Å². The molecule has 1 aliphatic heterocycles. The summed E-state index contributed by atoms with van der Waals surface area (Å²) in [5, 5.41) is 0. The first kappa shape index (κ1) is 11.5. The summed E-state index contributed by atoms with van der Waals surface area (Å²) in [7, 11) is 0. The van der Waals surface area contributed by atoms with E-state index in [1.807, 2.05) is 0 Å². The zero-order valence-corrected chi connectivity index (χ0v) is 9.00. The average molecular weight is 199 g/mol. The van der Waals surface area contributed by atoms with Crippen molar-refractivity contribution in [3.8, 4) is 0 Å². The molecule has 0 spiro atoms. The van der Waals surface area contributed by atoms with E-state index in [1.165, 1.54) is 0 Å². The molecule has 1 heterocycles. The van der Waals surface area contributed by atoms with Crippen LogP contribution >= 0.6 is 0 Å². The fourth-order valence-corrected chi connectivity index (χ4v) is 1.60. The van der Waals surface area contributed by atoms with Crippen molar-refractivity contribution in [3.63, 3.8) is 0 Å². The summed E-state index contributed by atoms with van der Waals surface area (Å²) in [5.41, 5.74) is 5.96. The number of nitrogens with two attached hydrogens (primary N) is 1. The van der Waals surface area contributed by atoms with Crippen molar-refractivity contribution in [1.29, 1.82) is 0 Å². The van der Waals surface area contributed by atoms with E-state index in [4.69, 9.17) is 15.2 Å². The van der Waals surface area contributed by atoms with E-state index in [-0.39, 0.29) is 6.04 Å². The fourth-order valence-electron chi connectivity index (χ4n) is 1.60. The van der Waals surface area contributed by atoms with E-state index < -0.39 is 0 Å². The van der Waals surface area contributed by atoms with Gasteiger partial charge in [0.1, 0.15) is 5.76 Å². The molecule has 0 unspecified atom stereocenters. The number of rotatable bonds is 6. The van der Waals surface area contributed by atoms with Crippen LogP contribution in [0.15, 0.2) is 12.3 Å². The molecule has 14 heavy (non-hydrogen) atoms. The molecular formula is C11H21NO2. The molecule has 3 heteroatoms. The fraction of sp³-hybridized carbons (Fsp3) is 0.818. The summed E-state index contributed by atoms with van der Waals surface area (Å²) < 4.78 is 10.7. The van der Waals surface area contributed by atoms with E-state index in [0.717, 1.165) is 38.2 Å². The Morgan fingerprint density at radius 2 is 2.50 bits per heavy atom. The Hall–Kier alpha value is -0.540. The van der Waals surface area contributed by atoms with Crippen molar-refractivity contribution >= 4 is 0 Å². The van der Waals surface area contributed by atoms with E-state index in [2.05, 4.69) is 13.5 Å². The van der Waals surface area contributed by atoms with Crippen LogP contribution in [0.3, 0.4) is 0 Å². The van der Waals surface area contributed by atoms with Crippen molar-refractivity contribution in [3.05, 3.63) is 12.3 Å². The molecule has 1 aliphatic rings. The Morgan fingerprint density at radius 1 is 1.71 bits per heavy atom. The first-order valence-electron chi connectivity index (χ1n) is 5.39. The molecule has 0 amide bonds. The molecule has 2 N–H and O–H groups in total. The Labute approximate surface area is 86.3 Å². The van der Waals surface area contributed by atoms with Gasteiger partial charge in [0.25, 0.3) is 0 Å². The molecule has 0 aliphatic carbocycles. The second kappa shape index (κ2) is 6.04. The third-order valence-electron chi connectivity index (χ3n) is 2.52. The van der Waals surface area contributed by atoms with Crippen LogP contribution in [0.25, 0.3) is 0 Å². The standard InChI is InChI=1S/C11H21NO2/c1-3-5-14-9(2)11(12)7-10-4-6-13-8-10/h10-11H,2-8,12H2,1H3/t10-,11-/m1/s1. The molecule has 0 radical (unpaired) electrons. The van der Waals surface area contributed by atoms with Gasteiger partial charge < -0.3 is 15.2 Å². The van der Waals surface area contributed by atoms with Crippen LogP contribution in [-0.2, 0) is 9.47 Å². The average Bonchev–Trinajstić information content (AvgIpc) is 2.66. The summed E-state index contributed by atoms with van der Waals surface area (Å²) >= 11 is 0. The van der Waals surface area contributed by atoms with Crippen LogP contribution in [0, 0.1) is 5.92 Å². The highest BCUT2D eigenvalue weighted by Gasteiger charge is 2.20. The highest BCUT2D eigenvalue weighted by molar-refractivity contribution is 4.96. The highest BCUT2D eigenvalue weighted by atomic mass is 16.5. The molecule has 1 rings (SSSR count). The lowest BCUT2D eigenvalue weighted by Gasteiger charge is -2.18. The third-order valence-corrected chi connectivity index (χ3v) is 2.52. The van der Waals surface area contributed by atoms with Crippen LogP contribution in [-0.4, -0.2) is 25.9 Å². The zero-order chi connectivity index (χ0) is 10.4. The quantitative estimate of drug-likeness (QED) is 0.662. The first-order valence-corrected chi connectivity index (χ1v) is 5.39. The SMILES string of the molecule is C=C(OCCC)[C@H](N)C[C@H]1CCOC1. The normalized spacial score (nSPS) is 23.4. The van der Waals surface area contributed by atoms with Crippen LogP contribution in [0.2, 0.25) is 0 Å². The molecule has 82 valence electrons. The predicted octanol–water partition coefficient (Wildman–Crippen LogP) is 1.68. The van der Waals surface area contributed by atoms with Gasteiger partial charge in [-0.3, -0.25) is 0 Å². The summed E-state index contributed by atoms with van der Waals surface area (Å²) in [6, 6.07) is -0.0340. The van der Waals surface area contributed by atoms with Crippen molar-refractivity contribution in [1.82, 2.24) is 0 Å². The van der Waals surface area contributed by atoms with Gasteiger partial charge in [-0.25, -0.2) is 0 Å². The summed E-state index contributed by atoms with van der Waals surface area (Å²) in [4.78, 5) is 0. The minimum atomic E-state index is -0.0340. The van der Waals surface area contributed by atoms with Crippen molar-refractivity contribution in [2.24, 2.45) is 11.7 Å². The molecule has 2 atom stereocenters. The molecule has 3 nitrogen and oxygen atoms in total. The monoisotopic (exact) mass is 199 g/mol. The van der Waals surface area contributed by atoms with Gasteiger partial charge in [-0.05, 0) is 25.2 Å². The molecule has 0 bridgehead atoms. The van der Waals surface area contributed by atoms with Crippen molar-refractivity contribution in [2.45, 2.75) is 32.2 Å². The number of hydrogen-bond acceptors (Lipinski definition) is 3. The van der Waals surface area contributed by atoms with Crippen LogP contribution in [0.4, 0.5) is 0 Å². The molecule has 0 saturated carbocycles. The minimum Gasteiger partial charge on any atom is -0.497 e. The zero-order valence-electron chi connectivity index (χ0n) is 9.00. The van der Waals surface area contributed by atoms with Gasteiger partial charge in [0.2, 0.25) is 0 Å². The van der Waals surface area contributed by atoms with Crippen LogP contribution in [0.5, 0.6) is 0 Å². The van der Waals surface area contributed by atoms with Gasteiger partial charge in [-0.1, -0.05) is 13.5 Å². The Kier molecular flexibility index (Phi) is 4.98. The summed E-state index contributed by atoms with van der Waals surface area (Å²) in [6.45, 7) is 8.35. The predicted molar refractivity (Wildman–Crippen MR) is 56.9 cm³/mol. The number of hydrogen-bond donors (Lipinski definition) is 1. The molecule has 0 aromatic rings.